The summed E-state index contributed by atoms with van der Waals surface area (Å²) in [6.45, 7) is 2.52. The van der Waals surface area contributed by atoms with E-state index in [0.29, 0.717) is 6.61 Å². The molecule has 1 saturated carbocycles. The molecule has 2 N–H and O–H groups in total. The Hall–Kier alpha value is -1.10. The standard InChI is InChI=1S/C14H23NO4/c1-10-11(5-8-19-10)13(18)15-14(9-12(16)17)6-3-2-4-7-14/h10-11H,2-9H2,1H3,(H,15,18)(H,16,17). The minimum Gasteiger partial charge on any atom is -0.481 e. The molecular formula is C14H23NO4. The van der Waals surface area contributed by atoms with Crippen molar-refractivity contribution < 1.29 is 19.4 Å². The molecule has 1 saturated heterocycles. The molecule has 0 aromatic carbocycles. The van der Waals surface area contributed by atoms with Gasteiger partial charge in [0.15, 0.2) is 0 Å². The van der Waals surface area contributed by atoms with E-state index >= 15 is 0 Å². The lowest BCUT2D eigenvalue weighted by Gasteiger charge is -2.38. The van der Waals surface area contributed by atoms with E-state index in [9.17, 15) is 9.59 Å². The van der Waals surface area contributed by atoms with Gasteiger partial charge in [-0.3, -0.25) is 9.59 Å². The predicted octanol–water partition coefficient (Wildman–Crippen LogP) is 1.71. The van der Waals surface area contributed by atoms with E-state index in [4.69, 9.17) is 9.84 Å². The van der Waals surface area contributed by atoms with Crippen LogP contribution < -0.4 is 5.32 Å². The van der Waals surface area contributed by atoms with Gasteiger partial charge < -0.3 is 15.2 Å². The summed E-state index contributed by atoms with van der Waals surface area (Å²) in [6, 6.07) is 0. The fourth-order valence-electron chi connectivity index (χ4n) is 3.29. The Morgan fingerprint density at radius 3 is 2.53 bits per heavy atom. The summed E-state index contributed by atoms with van der Waals surface area (Å²) in [5.74, 6) is -1.00. The first-order valence-electron chi connectivity index (χ1n) is 7.18. The van der Waals surface area contributed by atoms with E-state index in [1.807, 2.05) is 6.92 Å². The number of amides is 1. The van der Waals surface area contributed by atoms with Crippen molar-refractivity contribution in [1.82, 2.24) is 5.32 Å². The molecule has 2 aliphatic rings. The molecule has 0 aromatic rings. The number of carboxylic acid groups (broad SMARTS) is 1. The molecule has 0 spiro atoms. The Labute approximate surface area is 113 Å². The molecule has 1 heterocycles. The molecule has 108 valence electrons. The second-order valence-electron chi connectivity index (χ2n) is 5.87. The lowest BCUT2D eigenvalue weighted by molar-refractivity contribution is -0.140. The molecule has 1 aliphatic carbocycles. The quantitative estimate of drug-likeness (QED) is 0.814. The number of carboxylic acids is 1. The molecule has 2 fully saturated rings. The lowest BCUT2D eigenvalue weighted by Crippen LogP contribution is -2.53. The van der Waals surface area contributed by atoms with Gasteiger partial charge in [-0.2, -0.15) is 0 Å². The number of aliphatic carboxylic acids is 1. The van der Waals surface area contributed by atoms with Crippen molar-refractivity contribution in [2.24, 2.45) is 5.92 Å². The van der Waals surface area contributed by atoms with Gasteiger partial charge in [-0.05, 0) is 26.2 Å². The summed E-state index contributed by atoms with van der Waals surface area (Å²) in [5, 5.41) is 12.1. The number of ether oxygens (including phenoxy) is 1. The summed E-state index contributed by atoms with van der Waals surface area (Å²) >= 11 is 0. The van der Waals surface area contributed by atoms with Crippen molar-refractivity contribution in [3.05, 3.63) is 0 Å². The van der Waals surface area contributed by atoms with Gasteiger partial charge in [-0.15, -0.1) is 0 Å². The van der Waals surface area contributed by atoms with Crippen molar-refractivity contribution in [2.75, 3.05) is 6.61 Å². The fourth-order valence-corrected chi connectivity index (χ4v) is 3.29. The summed E-state index contributed by atoms with van der Waals surface area (Å²) in [4.78, 5) is 23.4. The largest absolute Gasteiger partial charge is 0.481 e. The Morgan fingerprint density at radius 2 is 2.00 bits per heavy atom. The first-order valence-corrected chi connectivity index (χ1v) is 7.18. The van der Waals surface area contributed by atoms with Gasteiger partial charge in [0.2, 0.25) is 5.91 Å². The minimum absolute atomic E-state index is 0.0285. The van der Waals surface area contributed by atoms with Gasteiger partial charge in [0.25, 0.3) is 0 Å². The van der Waals surface area contributed by atoms with Gasteiger partial charge in [-0.25, -0.2) is 0 Å². The van der Waals surface area contributed by atoms with Crippen molar-refractivity contribution in [2.45, 2.75) is 63.5 Å². The predicted molar refractivity (Wildman–Crippen MR) is 69.7 cm³/mol. The van der Waals surface area contributed by atoms with Crippen LogP contribution in [0, 0.1) is 5.92 Å². The summed E-state index contributed by atoms with van der Waals surface area (Å²) in [7, 11) is 0. The first kappa shape index (κ1) is 14.3. The third kappa shape index (κ3) is 3.47. The number of rotatable bonds is 4. The molecule has 0 aromatic heterocycles. The van der Waals surface area contributed by atoms with Gasteiger partial charge in [0, 0.05) is 6.61 Å². The van der Waals surface area contributed by atoms with E-state index < -0.39 is 11.5 Å². The molecule has 2 rings (SSSR count). The van der Waals surface area contributed by atoms with Gasteiger partial charge in [-0.1, -0.05) is 19.3 Å². The van der Waals surface area contributed by atoms with E-state index in [2.05, 4.69) is 5.32 Å². The second kappa shape index (κ2) is 5.90. The van der Waals surface area contributed by atoms with E-state index in [1.165, 1.54) is 0 Å². The number of hydrogen-bond donors (Lipinski definition) is 2. The maximum Gasteiger partial charge on any atom is 0.305 e. The Kier molecular flexibility index (Phi) is 4.45. The van der Waals surface area contributed by atoms with Crippen LogP contribution in [0.2, 0.25) is 0 Å². The van der Waals surface area contributed by atoms with Crippen molar-refractivity contribution in [1.29, 1.82) is 0 Å². The zero-order valence-corrected chi connectivity index (χ0v) is 11.5. The number of hydrogen-bond acceptors (Lipinski definition) is 3. The van der Waals surface area contributed by atoms with Gasteiger partial charge in [0.1, 0.15) is 0 Å². The number of nitrogens with one attached hydrogen (secondary N) is 1. The molecule has 5 heteroatoms. The van der Waals surface area contributed by atoms with Crippen molar-refractivity contribution >= 4 is 11.9 Å². The summed E-state index contributed by atoms with van der Waals surface area (Å²) in [5.41, 5.74) is -0.538. The number of carbonyl (C=O) groups is 2. The molecular weight excluding hydrogens is 246 g/mol. The normalized spacial score (nSPS) is 29.9. The van der Waals surface area contributed by atoms with Crippen LogP contribution in [0.15, 0.2) is 0 Å². The Bertz CT molecular complexity index is 349. The monoisotopic (exact) mass is 269 g/mol. The van der Waals surface area contributed by atoms with Crippen molar-refractivity contribution in [3.8, 4) is 0 Å². The Morgan fingerprint density at radius 1 is 1.32 bits per heavy atom. The lowest BCUT2D eigenvalue weighted by atomic mass is 9.78. The zero-order chi connectivity index (χ0) is 13.9. The fraction of sp³-hybridized carbons (Fsp3) is 0.857. The summed E-state index contributed by atoms with van der Waals surface area (Å²) in [6.07, 6.45) is 5.34. The van der Waals surface area contributed by atoms with Crippen LogP contribution in [0.5, 0.6) is 0 Å². The zero-order valence-electron chi connectivity index (χ0n) is 11.5. The first-order chi connectivity index (χ1) is 9.02. The van der Waals surface area contributed by atoms with E-state index in [-0.39, 0.29) is 24.3 Å². The van der Waals surface area contributed by atoms with Gasteiger partial charge >= 0.3 is 5.97 Å². The molecule has 1 amide bonds. The highest BCUT2D eigenvalue weighted by Crippen LogP contribution is 2.32. The SMILES string of the molecule is CC1OCCC1C(=O)NC1(CC(=O)O)CCCCC1. The second-order valence-corrected chi connectivity index (χ2v) is 5.87. The Balaban J connectivity index is 2.02. The molecule has 0 bridgehead atoms. The van der Waals surface area contributed by atoms with Crippen LogP contribution in [-0.4, -0.2) is 35.2 Å². The van der Waals surface area contributed by atoms with Gasteiger partial charge in [0.05, 0.1) is 24.0 Å². The molecule has 2 unspecified atom stereocenters. The van der Waals surface area contributed by atoms with Crippen LogP contribution in [0.1, 0.15) is 51.9 Å². The maximum atomic E-state index is 12.3. The van der Waals surface area contributed by atoms with E-state index in [1.54, 1.807) is 0 Å². The summed E-state index contributed by atoms with van der Waals surface area (Å²) < 4.78 is 5.41. The van der Waals surface area contributed by atoms with Crippen molar-refractivity contribution in [3.63, 3.8) is 0 Å². The average molecular weight is 269 g/mol. The smallest absolute Gasteiger partial charge is 0.305 e. The molecule has 5 nitrogen and oxygen atoms in total. The topological polar surface area (TPSA) is 75.6 Å². The van der Waals surface area contributed by atoms with Crippen LogP contribution >= 0.6 is 0 Å². The third-order valence-electron chi connectivity index (χ3n) is 4.40. The molecule has 2 atom stereocenters. The molecule has 19 heavy (non-hydrogen) atoms. The highest BCUT2D eigenvalue weighted by Gasteiger charge is 2.39. The maximum absolute atomic E-state index is 12.3. The average Bonchev–Trinajstić information content (AvgIpc) is 2.75. The van der Waals surface area contributed by atoms with E-state index in [0.717, 1.165) is 38.5 Å². The number of carbonyl (C=O) groups excluding carboxylic acids is 1. The highest BCUT2D eigenvalue weighted by atomic mass is 16.5. The van der Waals surface area contributed by atoms with Crippen LogP contribution in [0.4, 0.5) is 0 Å². The van der Waals surface area contributed by atoms with Crippen LogP contribution in [0.25, 0.3) is 0 Å². The highest BCUT2D eigenvalue weighted by molar-refractivity contribution is 5.81. The minimum atomic E-state index is -0.835. The molecule has 0 radical (unpaired) electrons. The third-order valence-corrected chi connectivity index (χ3v) is 4.40. The molecule has 1 aliphatic heterocycles. The van der Waals surface area contributed by atoms with Crippen LogP contribution in [0.3, 0.4) is 0 Å². The van der Waals surface area contributed by atoms with Crippen LogP contribution in [-0.2, 0) is 14.3 Å².